The van der Waals surface area contributed by atoms with Crippen LogP contribution in [-0.4, -0.2) is 50.6 Å². The van der Waals surface area contributed by atoms with Gasteiger partial charge in [0.25, 0.3) is 0 Å². The van der Waals surface area contributed by atoms with Crippen LogP contribution >= 0.6 is 24.0 Å². The maximum atomic E-state index is 4.75. The number of likely N-dealkylation sites (tertiary alicyclic amines) is 1. The monoisotopic (exact) mass is 410 g/mol. The minimum absolute atomic E-state index is 0. The molecule has 1 aliphatic rings. The van der Waals surface area contributed by atoms with Gasteiger partial charge in [-0.25, -0.2) is 0 Å². The molecule has 1 fully saturated rings. The minimum atomic E-state index is 0. The Labute approximate surface area is 148 Å². The van der Waals surface area contributed by atoms with Crippen molar-refractivity contribution in [1.29, 1.82) is 0 Å². The fourth-order valence-corrected chi connectivity index (χ4v) is 2.52. The summed E-state index contributed by atoms with van der Waals surface area (Å²) in [7, 11) is 2.21. The largest absolute Gasteiger partial charge is 0.357 e. The molecular weight excluding hydrogens is 375 g/mol. The molecule has 2 N–H and O–H groups in total. The van der Waals surface area contributed by atoms with E-state index in [0.717, 1.165) is 37.4 Å². The van der Waals surface area contributed by atoms with Gasteiger partial charge >= 0.3 is 0 Å². The zero-order valence-electron chi connectivity index (χ0n) is 14.3. The van der Waals surface area contributed by atoms with E-state index in [1.807, 2.05) is 0 Å². The van der Waals surface area contributed by atoms with Gasteiger partial charge in [-0.1, -0.05) is 13.8 Å². The van der Waals surface area contributed by atoms with E-state index in [1.165, 1.54) is 38.8 Å². The van der Waals surface area contributed by atoms with Gasteiger partial charge < -0.3 is 15.5 Å². The van der Waals surface area contributed by atoms with Gasteiger partial charge in [-0.15, -0.1) is 24.0 Å². The second kappa shape index (κ2) is 12.5. The average molecular weight is 410 g/mol. The Kier molecular flexibility index (Phi) is 12.5. The van der Waals surface area contributed by atoms with Crippen molar-refractivity contribution in [3.63, 3.8) is 0 Å². The summed E-state index contributed by atoms with van der Waals surface area (Å²) >= 11 is 0. The Bertz CT molecular complexity index is 273. The first-order chi connectivity index (χ1) is 9.61. The number of nitrogens with one attached hydrogen (secondary N) is 2. The fourth-order valence-electron chi connectivity index (χ4n) is 2.52. The lowest BCUT2D eigenvalue weighted by molar-refractivity contribution is 0.223. The molecule has 1 saturated heterocycles. The molecule has 0 atom stereocenters. The normalized spacial score (nSPS) is 17.7. The molecule has 5 heteroatoms. The van der Waals surface area contributed by atoms with Crippen LogP contribution in [-0.2, 0) is 0 Å². The molecule has 0 spiro atoms. The predicted octanol–water partition coefficient (Wildman–Crippen LogP) is 2.94. The summed E-state index contributed by atoms with van der Waals surface area (Å²) in [5.41, 5.74) is 0. The molecule has 1 heterocycles. The Morgan fingerprint density at radius 3 is 2.48 bits per heavy atom. The van der Waals surface area contributed by atoms with Crippen LogP contribution in [0, 0.1) is 11.8 Å². The van der Waals surface area contributed by atoms with Crippen LogP contribution in [0.4, 0.5) is 0 Å². The van der Waals surface area contributed by atoms with E-state index in [1.54, 1.807) is 0 Å². The predicted molar refractivity (Wildman–Crippen MR) is 104 cm³/mol. The molecule has 0 aromatic carbocycles. The van der Waals surface area contributed by atoms with Crippen LogP contribution in [0.3, 0.4) is 0 Å². The van der Waals surface area contributed by atoms with Crippen molar-refractivity contribution in [3.05, 3.63) is 0 Å². The number of rotatable bonds is 7. The molecule has 0 amide bonds. The zero-order valence-corrected chi connectivity index (χ0v) is 16.7. The maximum Gasteiger partial charge on any atom is 0.191 e. The van der Waals surface area contributed by atoms with Gasteiger partial charge in [-0.3, -0.25) is 4.99 Å². The summed E-state index contributed by atoms with van der Waals surface area (Å²) in [5, 5.41) is 6.80. The van der Waals surface area contributed by atoms with E-state index in [9.17, 15) is 0 Å². The van der Waals surface area contributed by atoms with Gasteiger partial charge in [0.1, 0.15) is 0 Å². The molecular formula is C16H35IN4. The summed E-state index contributed by atoms with van der Waals surface area (Å²) in [5.74, 6) is 2.54. The van der Waals surface area contributed by atoms with Crippen molar-refractivity contribution < 1.29 is 0 Å². The molecule has 4 nitrogen and oxygen atoms in total. The van der Waals surface area contributed by atoms with Crippen LogP contribution in [0.2, 0.25) is 0 Å². The van der Waals surface area contributed by atoms with Crippen molar-refractivity contribution in [1.82, 2.24) is 15.5 Å². The van der Waals surface area contributed by atoms with E-state index in [2.05, 4.69) is 43.4 Å². The van der Waals surface area contributed by atoms with Gasteiger partial charge in [0.15, 0.2) is 5.96 Å². The maximum absolute atomic E-state index is 4.75. The van der Waals surface area contributed by atoms with Crippen LogP contribution < -0.4 is 10.6 Å². The number of piperidine rings is 1. The van der Waals surface area contributed by atoms with Crippen LogP contribution in [0.15, 0.2) is 4.99 Å². The second-order valence-electron chi connectivity index (χ2n) is 6.43. The molecule has 126 valence electrons. The highest BCUT2D eigenvalue weighted by Gasteiger charge is 2.16. The molecule has 0 unspecified atom stereocenters. The average Bonchev–Trinajstić information content (AvgIpc) is 2.42. The SMILES string of the molecule is CCNC(=NCC1CCN(C)CC1)NCCCC(C)C.I. The Balaban J connectivity index is 0.00000400. The van der Waals surface area contributed by atoms with Crippen molar-refractivity contribution in [2.24, 2.45) is 16.8 Å². The van der Waals surface area contributed by atoms with Crippen molar-refractivity contribution in [3.8, 4) is 0 Å². The van der Waals surface area contributed by atoms with E-state index in [0.29, 0.717) is 0 Å². The molecule has 21 heavy (non-hydrogen) atoms. The molecule has 1 aliphatic heterocycles. The van der Waals surface area contributed by atoms with E-state index in [-0.39, 0.29) is 24.0 Å². The van der Waals surface area contributed by atoms with E-state index < -0.39 is 0 Å². The third kappa shape index (κ3) is 10.3. The quantitative estimate of drug-likeness (QED) is 0.294. The molecule has 1 rings (SSSR count). The molecule has 0 radical (unpaired) electrons. The zero-order chi connectivity index (χ0) is 14.8. The molecule has 0 aliphatic carbocycles. The number of guanidine groups is 1. The highest BCUT2D eigenvalue weighted by Crippen LogP contribution is 2.15. The van der Waals surface area contributed by atoms with E-state index >= 15 is 0 Å². The number of nitrogens with zero attached hydrogens (tertiary/aromatic N) is 2. The number of halogens is 1. The summed E-state index contributed by atoms with van der Waals surface area (Å²) < 4.78 is 0. The lowest BCUT2D eigenvalue weighted by Gasteiger charge is -2.28. The number of hydrogen-bond acceptors (Lipinski definition) is 2. The van der Waals surface area contributed by atoms with Gasteiger partial charge in [-0.2, -0.15) is 0 Å². The van der Waals surface area contributed by atoms with Crippen molar-refractivity contribution in [2.75, 3.05) is 39.8 Å². The van der Waals surface area contributed by atoms with Crippen LogP contribution in [0.1, 0.15) is 46.5 Å². The van der Waals surface area contributed by atoms with Crippen LogP contribution in [0.5, 0.6) is 0 Å². The van der Waals surface area contributed by atoms with Crippen LogP contribution in [0.25, 0.3) is 0 Å². The van der Waals surface area contributed by atoms with Crippen molar-refractivity contribution >= 4 is 29.9 Å². The number of aliphatic imine (C=N–C) groups is 1. The lowest BCUT2D eigenvalue weighted by Crippen LogP contribution is -2.38. The molecule has 0 bridgehead atoms. The third-order valence-electron chi connectivity index (χ3n) is 3.94. The Morgan fingerprint density at radius 1 is 1.24 bits per heavy atom. The highest BCUT2D eigenvalue weighted by molar-refractivity contribution is 14.0. The van der Waals surface area contributed by atoms with E-state index in [4.69, 9.17) is 4.99 Å². The first-order valence-electron chi connectivity index (χ1n) is 8.32. The second-order valence-corrected chi connectivity index (χ2v) is 6.43. The molecule has 0 aromatic rings. The van der Waals surface area contributed by atoms with Gasteiger partial charge in [0.2, 0.25) is 0 Å². The van der Waals surface area contributed by atoms with Gasteiger partial charge in [0, 0.05) is 19.6 Å². The van der Waals surface area contributed by atoms with Gasteiger partial charge in [-0.05, 0) is 64.6 Å². The summed E-state index contributed by atoms with van der Waals surface area (Å²) in [6.07, 6.45) is 5.07. The first kappa shape index (κ1) is 21.0. The first-order valence-corrected chi connectivity index (χ1v) is 8.32. The Hall–Kier alpha value is -0.0400. The smallest absolute Gasteiger partial charge is 0.191 e. The summed E-state index contributed by atoms with van der Waals surface area (Å²) in [6.45, 7) is 12.0. The number of hydrogen-bond donors (Lipinski definition) is 2. The molecule has 0 saturated carbocycles. The summed E-state index contributed by atoms with van der Waals surface area (Å²) in [6, 6.07) is 0. The molecule has 0 aromatic heterocycles. The fraction of sp³-hybridized carbons (Fsp3) is 0.938. The minimum Gasteiger partial charge on any atom is -0.357 e. The Morgan fingerprint density at radius 2 is 1.90 bits per heavy atom. The lowest BCUT2D eigenvalue weighted by atomic mass is 9.97. The topological polar surface area (TPSA) is 39.7 Å². The summed E-state index contributed by atoms with van der Waals surface area (Å²) in [4.78, 5) is 7.17. The van der Waals surface area contributed by atoms with Crippen molar-refractivity contribution in [2.45, 2.75) is 46.5 Å². The van der Waals surface area contributed by atoms with Gasteiger partial charge in [0.05, 0.1) is 0 Å². The standard InChI is InChI=1S/C16H34N4.HI/c1-5-17-16(18-10-6-7-14(2)3)19-13-15-8-11-20(4)12-9-15;/h14-15H,5-13H2,1-4H3,(H2,17,18,19);1H. The highest BCUT2D eigenvalue weighted by atomic mass is 127. The third-order valence-corrected chi connectivity index (χ3v) is 3.94.